The van der Waals surface area contributed by atoms with Gasteiger partial charge in [-0.05, 0) is 36.8 Å². The highest BCUT2D eigenvalue weighted by molar-refractivity contribution is 6.30. The third kappa shape index (κ3) is 3.35. The van der Waals surface area contributed by atoms with Crippen molar-refractivity contribution in [1.29, 1.82) is 0 Å². The molecule has 0 radical (unpaired) electrons. The van der Waals surface area contributed by atoms with Gasteiger partial charge in [-0.3, -0.25) is 5.01 Å². The molecule has 4 rings (SSSR count). The van der Waals surface area contributed by atoms with Crippen LogP contribution >= 0.6 is 11.6 Å². The van der Waals surface area contributed by atoms with E-state index in [1.54, 1.807) is 10.9 Å². The van der Waals surface area contributed by atoms with Gasteiger partial charge >= 0.3 is 0 Å². The number of hydrogen-bond acceptors (Lipinski definition) is 5. The van der Waals surface area contributed by atoms with Crippen LogP contribution in [0.2, 0.25) is 5.02 Å². The maximum Gasteiger partial charge on any atom is 0.176 e. The number of hydrazine groups is 2. The van der Waals surface area contributed by atoms with Gasteiger partial charge in [0.15, 0.2) is 5.84 Å². The second kappa shape index (κ2) is 6.58. The zero-order chi connectivity index (χ0) is 17.2. The van der Waals surface area contributed by atoms with Crippen LogP contribution in [0.25, 0.3) is 5.69 Å². The van der Waals surface area contributed by atoms with Gasteiger partial charge in [0.05, 0.1) is 24.0 Å². The molecule has 1 aromatic heterocycles. The molecular formula is C18H17ClN6. The van der Waals surface area contributed by atoms with Crippen LogP contribution in [0, 0.1) is 6.92 Å². The van der Waals surface area contributed by atoms with E-state index in [4.69, 9.17) is 11.6 Å². The molecule has 0 amide bonds. The van der Waals surface area contributed by atoms with Crippen molar-refractivity contribution in [2.45, 2.75) is 13.5 Å². The monoisotopic (exact) mass is 352 g/mol. The molecule has 0 saturated carbocycles. The van der Waals surface area contributed by atoms with E-state index in [0.29, 0.717) is 11.6 Å². The number of nitrogens with one attached hydrogen (secondary N) is 2. The van der Waals surface area contributed by atoms with E-state index in [-0.39, 0.29) is 0 Å². The van der Waals surface area contributed by atoms with Crippen molar-refractivity contribution in [3.8, 4) is 5.69 Å². The predicted molar refractivity (Wildman–Crippen MR) is 98.1 cm³/mol. The van der Waals surface area contributed by atoms with E-state index in [2.05, 4.69) is 52.5 Å². The summed E-state index contributed by atoms with van der Waals surface area (Å²) in [7, 11) is 0. The fraction of sp³-hybridized carbons (Fsp3) is 0.111. The Bertz CT molecular complexity index is 915. The first-order valence-electron chi connectivity index (χ1n) is 7.91. The Kier molecular flexibility index (Phi) is 4.13. The molecule has 0 unspecified atom stereocenters. The Morgan fingerprint density at radius 3 is 2.76 bits per heavy atom. The van der Waals surface area contributed by atoms with Crippen molar-refractivity contribution < 1.29 is 0 Å². The molecule has 1 aliphatic heterocycles. The van der Waals surface area contributed by atoms with Crippen LogP contribution in [0.3, 0.4) is 0 Å². The lowest BCUT2D eigenvalue weighted by Crippen LogP contribution is -2.40. The molecular weight excluding hydrogens is 336 g/mol. The first-order valence-corrected chi connectivity index (χ1v) is 8.29. The molecule has 1 aliphatic rings. The molecule has 126 valence electrons. The van der Waals surface area contributed by atoms with Crippen LogP contribution in [-0.2, 0) is 6.54 Å². The summed E-state index contributed by atoms with van der Waals surface area (Å²) in [5.41, 5.74) is 10.2. The second-order valence-electron chi connectivity index (χ2n) is 5.88. The van der Waals surface area contributed by atoms with Gasteiger partial charge < -0.3 is 0 Å². The molecule has 2 N–H and O–H groups in total. The number of hydrogen-bond donors (Lipinski definition) is 2. The van der Waals surface area contributed by atoms with E-state index in [0.717, 1.165) is 17.1 Å². The number of halogens is 1. The number of nitrogens with zero attached hydrogens (tertiary/aromatic N) is 4. The van der Waals surface area contributed by atoms with E-state index < -0.39 is 0 Å². The summed E-state index contributed by atoms with van der Waals surface area (Å²) in [6.45, 7) is 2.78. The fourth-order valence-corrected chi connectivity index (χ4v) is 2.88. The average molecular weight is 353 g/mol. The lowest BCUT2D eigenvalue weighted by Gasteiger charge is -2.18. The highest BCUT2D eigenvalue weighted by Gasteiger charge is 2.20. The topological polar surface area (TPSA) is 57.5 Å². The van der Waals surface area contributed by atoms with Gasteiger partial charge in [-0.15, -0.1) is 10.6 Å². The molecule has 0 spiro atoms. The normalized spacial score (nSPS) is 13.7. The van der Waals surface area contributed by atoms with Gasteiger partial charge in [0.2, 0.25) is 0 Å². The smallest absolute Gasteiger partial charge is 0.176 e. The predicted octanol–water partition coefficient (Wildman–Crippen LogP) is 3.02. The molecule has 0 atom stereocenters. The summed E-state index contributed by atoms with van der Waals surface area (Å²) in [5.74, 6) is 0.793. The minimum Gasteiger partial charge on any atom is -0.266 e. The van der Waals surface area contributed by atoms with Gasteiger partial charge in [-0.1, -0.05) is 41.4 Å². The number of benzene rings is 2. The zero-order valence-corrected chi connectivity index (χ0v) is 14.4. The highest BCUT2D eigenvalue weighted by atomic mass is 35.5. The van der Waals surface area contributed by atoms with E-state index in [1.165, 1.54) is 11.1 Å². The third-order valence-electron chi connectivity index (χ3n) is 3.96. The summed E-state index contributed by atoms with van der Waals surface area (Å²) in [4.78, 5) is 0. The number of amidine groups is 1. The van der Waals surface area contributed by atoms with Crippen molar-refractivity contribution in [1.82, 2.24) is 25.9 Å². The van der Waals surface area contributed by atoms with Crippen molar-refractivity contribution in [2.75, 3.05) is 0 Å². The van der Waals surface area contributed by atoms with Crippen LogP contribution in [-0.4, -0.2) is 20.6 Å². The summed E-state index contributed by atoms with van der Waals surface area (Å²) in [6, 6.07) is 16.0. The quantitative estimate of drug-likeness (QED) is 0.757. The Labute approximate surface area is 150 Å². The van der Waals surface area contributed by atoms with Crippen molar-refractivity contribution in [3.05, 3.63) is 82.6 Å². The molecule has 0 saturated heterocycles. The molecule has 2 aromatic carbocycles. The van der Waals surface area contributed by atoms with Crippen molar-refractivity contribution in [3.63, 3.8) is 0 Å². The molecule has 3 aromatic rings. The molecule has 25 heavy (non-hydrogen) atoms. The maximum absolute atomic E-state index is 5.94. The largest absolute Gasteiger partial charge is 0.266 e. The zero-order valence-electron chi connectivity index (χ0n) is 13.6. The van der Waals surface area contributed by atoms with Crippen LogP contribution in [0.1, 0.15) is 16.7 Å². The molecule has 6 nitrogen and oxygen atoms in total. The number of aryl methyl sites for hydroxylation is 1. The Morgan fingerprint density at radius 1 is 1.12 bits per heavy atom. The highest BCUT2D eigenvalue weighted by Crippen LogP contribution is 2.16. The van der Waals surface area contributed by atoms with E-state index >= 15 is 0 Å². The Balaban J connectivity index is 1.55. The van der Waals surface area contributed by atoms with Gasteiger partial charge in [-0.2, -0.15) is 5.10 Å². The summed E-state index contributed by atoms with van der Waals surface area (Å²) < 4.78 is 1.80. The van der Waals surface area contributed by atoms with Crippen LogP contribution in [0.4, 0.5) is 0 Å². The van der Waals surface area contributed by atoms with Crippen LogP contribution in [0.15, 0.2) is 66.0 Å². The summed E-state index contributed by atoms with van der Waals surface area (Å²) >= 11 is 5.94. The Morgan fingerprint density at radius 2 is 1.96 bits per heavy atom. The standard InChI is InChI=1S/C18H17ClN6/c1-13-3-2-4-14(9-13)11-25-18(21-22-23-25)15-10-20-24(12-15)17-7-5-16(19)6-8-17/h2-10,12,22-23H,11H2,1H3. The van der Waals surface area contributed by atoms with Gasteiger partial charge in [0.1, 0.15) is 0 Å². The van der Waals surface area contributed by atoms with Crippen molar-refractivity contribution >= 4 is 17.4 Å². The molecule has 2 heterocycles. The molecule has 7 heteroatoms. The first-order chi connectivity index (χ1) is 12.2. The van der Waals surface area contributed by atoms with Gasteiger partial charge in [-0.25, -0.2) is 10.2 Å². The number of rotatable bonds is 4. The first kappa shape index (κ1) is 15.7. The van der Waals surface area contributed by atoms with E-state index in [1.807, 2.05) is 35.5 Å². The van der Waals surface area contributed by atoms with Gasteiger partial charge in [0, 0.05) is 11.2 Å². The minimum atomic E-state index is 0.694. The van der Waals surface area contributed by atoms with Crippen LogP contribution in [0.5, 0.6) is 0 Å². The fourth-order valence-electron chi connectivity index (χ4n) is 2.75. The minimum absolute atomic E-state index is 0.694. The second-order valence-corrected chi connectivity index (χ2v) is 6.32. The maximum atomic E-state index is 5.94. The molecule has 0 aliphatic carbocycles. The lowest BCUT2D eigenvalue weighted by molar-refractivity contribution is 0.288. The van der Waals surface area contributed by atoms with Crippen LogP contribution < -0.4 is 11.1 Å². The number of hydrazone groups is 1. The molecule has 0 bridgehead atoms. The Hall–Kier alpha value is -2.83. The lowest BCUT2D eigenvalue weighted by atomic mass is 10.1. The summed E-state index contributed by atoms with van der Waals surface area (Å²) in [6.07, 6.45) is 3.74. The molecule has 0 fully saturated rings. The van der Waals surface area contributed by atoms with E-state index in [9.17, 15) is 0 Å². The average Bonchev–Trinajstić information content (AvgIpc) is 3.25. The third-order valence-corrected chi connectivity index (χ3v) is 4.21. The van der Waals surface area contributed by atoms with Gasteiger partial charge in [0.25, 0.3) is 0 Å². The summed E-state index contributed by atoms with van der Waals surface area (Å²) in [5, 5.41) is 11.4. The van der Waals surface area contributed by atoms with Crippen molar-refractivity contribution in [2.24, 2.45) is 5.10 Å². The SMILES string of the molecule is Cc1cccc(CN2NNN=C2c2cnn(-c3ccc(Cl)cc3)c2)c1. The number of aromatic nitrogens is 2.